The Labute approximate surface area is 212 Å². The van der Waals surface area contributed by atoms with Crippen molar-refractivity contribution in [2.75, 3.05) is 30.3 Å². The second-order valence-electron chi connectivity index (χ2n) is 8.42. The summed E-state index contributed by atoms with van der Waals surface area (Å²) < 4.78 is 6.68. The topological polar surface area (TPSA) is 206 Å². The summed E-state index contributed by atoms with van der Waals surface area (Å²) in [7, 11) is 0. The van der Waals surface area contributed by atoms with Crippen LogP contribution in [0.2, 0.25) is 0 Å². The average molecular weight is 507 g/mol. The number of anilines is 2. The molecule has 4 aromatic rings. The van der Waals surface area contributed by atoms with Gasteiger partial charge in [-0.1, -0.05) is 18.6 Å². The van der Waals surface area contributed by atoms with Gasteiger partial charge in [-0.05, 0) is 54.0 Å². The lowest BCUT2D eigenvalue weighted by molar-refractivity contribution is -0.117. The Kier molecular flexibility index (Phi) is 8.51. The number of para-hydroxylation sites is 2. The number of ketones is 1. The van der Waals surface area contributed by atoms with Gasteiger partial charge in [0.05, 0.1) is 23.6 Å². The van der Waals surface area contributed by atoms with Gasteiger partial charge in [0.15, 0.2) is 17.3 Å². The van der Waals surface area contributed by atoms with Crippen molar-refractivity contribution in [2.24, 2.45) is 17.2 Å². The maximum absolute atomic E-state index is 13.2. The first-order valence-corrected chi connectivity index (χ1v) is 12.0. The molecule has 1 amide bonds. The molecule has 0 aliphatic heterocycles. The summed E-state index contributed by atoms with van der Waals surface area (Å²) >= 11 is 0. The molecule has 0 fully saturated rings. The lowest BCUT2D eigenvalue weighted by atomic mass is 10.1. The van der Waals surface area contributed by atoms with E-state index in [1.54, 1.807) is 16.7 Å². The first-order chi connectivity index (χ1) is 18.0. The van der Waals surface area contributed by atoms with E-state index in [1.165, 1.54) is 6.20 Å². The largest absolute Gasteiger partial charge is 0.364 e. The number of hydrogen-bond donors (Lipinski definition) is 5. The molecule has 0 bridgehead atoms. The van der Waals surface area contributed by atoms with Crippen LogP contribution in [0.25, 0.3) is 22.6 Å². The Hall–Kier alpha value is -4.20. The van der Waals surface area contributed by atoms with Crippen molar-refractivity contribution in [3.05, 3.63) is 48.2 Å². The van der Waals surface area contributed by atoms with Crippen LogP contribution in [0.3, 0.4) is 0 Å². The molecule has 1 aromatic carbocycles. The summed E-state index contributed by atoms with van der Waals surface area (Å²) in [5.74, 6) is 0.585. The highest BCUT2D eigenvalue weighted by atomic mass is 16.6. The van der Waals surface area contributed by atoms with E-state index >= 15 is 0 Å². The molecule has 13 nitrogen and oxygen atoms in total. The highest BCUT2D eigenvalue weighted by molar-refractivity contribution is 5.98. The summed E-state index contributed by atoms with van der Waals surface area (Å²) in [6, 6.07) is 9.96. The van der Waals surface area contributed by atoms with Crippen LogP contribution in [0.1, 0.15) is 29.6 Å². The second-order valence-corrected chi connectivity index (χ2v) is 8.42. The zero-order chi connectivity index (χ0) is 26.2. The molecule has 0 aliphatic rings. The summed E-state index contributed by atoms with van der Waals surface area (Å²) in [5.41, 5.74) is 19.2. The number of Topliss-reactive ketones (excluding diaryl/α,β-unsaturated/α-hetero) is 1. The SMILES string of the molecule is NCCCC[C@H](N)C(=O)Nc1ccc(C(=O)Cn2c(-c3nonc3NCCN)nc3ccccc32)cn1. The number of rotatable bonds is 13. The van der Waals surface area contributed by atoms with Crippen molar-refractivity contribution in [2.45, 2.75) is 31.8 Å². The minimum Gasteiger partial charge on any atom is -0.364 e. The van der Waals surface area contributed by atoms with E-state index in [9.17, 15) is 9.59 Å². The van der Waals surface area contributed by atoms with Gasteiger partial charge >= 0.3 is 0 Å². The number of pyridine rings is 1. The number of hydrogen-bond acceptors (Lipinski definition) is 11. The molecule has 0 saturated carbocycles. The Morgan fingerprint density at radius 3 is 2.65 bits per heavy atom. The Bertz CT molecular complexity index is 1350. The third kappa shape index (κ3) is 6.14. The molecule has 0 radical (unpaired) electrons. The fourth-order valence-electron chi connectivity index (χ4n) is 3.78. The van der Waals surface area contributed by atoms with E-state index < -0.39 is 6.04 Å². The molecule has 8 N–H and O–H groups in total. The van der Waals surface area contributed by atoms with Crippen molar-refractivity contribution >= 4 is 34.4 Å². The summed E-state index contributed by atoms with van der Waals surface area (Å²) in [6.07, 6.45) is 3.53. The van der Waals surface area contributed by atoms with Crippen LogP contribution in [0.15, 0.2) is 47.2 Å². The molecule has 4 rings (SSSR count). The van der Waals surface area contributed by atoms with E-state index in [2.05, 4.69) is 30.9 Å². The fraction of sp³-hybridized carbons (Fsp3) is 0.333. The highest BCUT2D eigenvalue weighted by Gasteiger charge is 2.22. The van der Waals surface area contributed by atoms with Crippen LogP contribution in [-0.2, 0) is 11.3 Å². The fourth-order valence-corrected chi connectivity index (χ4v) is 3.78. The summed E-state index contributed by atoms with van der Waals surface area (Å²) in [6.45, 7) is 1.39. The van der Waals surface area contributed by atoms with Crippen LogP contribution >= 0.6 is 0 Å². The zero-order valence-electron chi connectivity index (χ0n) is 20.3. The summed E-state index contributed by atoms with van der Waals surface area (Å²) in [4.78, 5) is 34.4. The lowest BCUT2D eigenvalue weighted by Crippen LogP contribution is -2.35. The molecular formula is C24H30N10O3. The molecule has 194 valence electrons. The summed E-state index contributed by atoms with van der Waals surface area (Å²) in [5, 5.41) is 13.6. The van der Waals surface area contributed by atoms with Crippen molar-refractivity contribution in [1.82, 2.24) is 24.8 Å². The first-order valence-electron chi connectivity index (χ1n) is 12.0. The first kappa shape index (κ1) is 25.9. The van der Waals surface area contributed by atoms with Crippen LogP contribution < -0.4 is 27.8 Å². The number of carbonyl (C=O) groups excluding carboxylic acids is 2. The normalized spacial score (nSPS) is 12.0. The van der Waals surface area contributed by atoms with E-state index in [-0.39, 0.29) is 18.2 Å². The van der Waals surface area contributed by atoms with Crippen LogP contribution in [0.4, 0.5) is 11.6 Å². The smallest absolute Gasteiger partial charge is 0.242 e. The molecule has 0 aliphatic carbocycles. The molecule has 0 saturated heterocycles. The zero-order valence-corrected chi connectivity index (χ0v) is 20.3. The van der Waals surface area contributed by atoms with Gasteiger partial charge in [0.2, 0.25) is 11.7 Å². The van der Waals surface area contributed by atoms with E-state index in [4.69, 9.17) is 21.8 Å². The number of nitrogens with two attached hydrogens (primary N) is 3. The lowest BCUT2D eigenvalue weighted by Gasteiger charge is -2.12. The Morgan fingerprint density at radius 2 is 1.89 bits per heavy atom. The van der Waals surface area contributed by atoms with E-state index in [1.807, 2.05) is 24.3 Å². The Morgan fingerprint density at radius 1 is 1.05 bits per heavy atom. The number of benzene rings is 1. The minimum absolute atomic E-state index is 0.0293. The quantitative estimate of drug-likeness (QED) is 0.128. The highest BCUT2D eigenvalue weighted by Crippen LogP contribution is 2.28. The molecule has 37 heavy (non-hydrogen) atoms. The van der Waals surface area contributed by atoms with Gasteiger partial charge in [-0.2, -0.15) is 0 Å². The predicted octanol–water partition coefficient (Wildman–Crippen LogP) is 1.13. The number of unbranched alkanes of at least 4 members (excludes halogenated alkanes) is 1. The van der Waals surface area contributed by atoms with Crippen molar-refractivity contribution in [1.29, 1.82) is 0 Å². The number of fused-ring (bicyclic) bond motifs is 1. The number of amides is 1. The molecule has 0 spiro atoms. The average Bonchev–Trinajstić information content (AvgIpc) is 3.52. The molecule has 3 heterocycles. The van der Waals surface area contributed by atoms with Crippen LogP contribution in [0, 0.1) is 0 Å². The molecular weight excluding hydrogens is 476 g/mol. The van der Waals surface area contributed by atoms with Gasteiger partial charge < -0.3 is 32.4 Å². The number of carbonyl (C=O) groups is 2. The van der Waals surface area contributed by atoms with Crippen LogP contribution in [-0.4, -0.2) is 62.2 Å². The van der Waals surface area contributed by atoms with Gasteiger partial charge in [-0.15, -0.1) is 0 Å². The van der Waals surface area contributed by atoms with Gasteiger partial charge in [-0.3, -0.25) is 9.59 Å². The van der Waals surface area contributed by atoms with Crippen molar-refractivity contribution in [3.63, 3.8) is 0 Å². The molecule has 13 heteroatoms. The third-order valence-electron chi connectivity index (χ3n) is 5.74. The van der Waals surface area contributed by atoms with Gasteiger partial charge in [-0.25, -0.2) is 14.6 Å². The Balaban J connectivity index is 1.51. The van der Waals surface area contributed by atoms with E-state index in [0.717, 1.165) is 18.4 Å². The standard InChI is InChI=1S/C24H30N10O3/c25-10-4-3-5-16(27)24(36)31-20-9-8-15(13-29-20)19(35)14-34-18-7-2-1-6-17(18)30-23(34)21-22(28-12-11-26)33-37-32-21/h1-2,6-9,13,16H,3-5,10-12,14,25-27H2,(H,28,33)(H,29,31,36)/t16-/m0/s1. The van der Waals surface area contributed by atoms with E-state index in [0.29, 0.717) is 60.3 Å². The molecule has 0 unspecified atom stereocenters. The van der Waals surface area contributed by atoms with Gasteiger partial charge in [0.25, 0.3) is 0 Å². The van der Waals surface area contributed by atoms with Crippen molar-refractivity contribution < 1.29 is 14.2 Å². The number of aromatic nitrogens is 5. The minimum atomic E-state index is -0.655. The number of nitrogens with one attached hydrogen (secondary N) is 2. The molecule has 1 atom stereocenters. The monoisotopic (exact) mass is 506 g/mol. The number of nitrogens with zero attached hydrogens (tertiary/aromatic N) is 5. The second kappa shape index (κ2) is 12.2. The molecule has 3 aromatic heterocycles. The van der Waals surface area contributed by atoms with Gasteiger partial charge in [0.1, 0.15) is 5.82 Å². The van der Waals surface area contributed by atoms with Crippen LogP contribution in [0.5, 0.6) is 0 Å². The van der Waals surface area contributed by atoms with Gasteiger partial charge in [0, 0.05) is 24.8 Å². The maximum Gasteiger partial charge on any atom is 0.242 e. The number of imidazole rings is 1. The third-order valence-corrected chi connectivity index (χ3v) is 5.74. The maximum atomic E-state index is 13.2. The predicted molar refractivity (Wildman–Crippen MR) is 139 cm³/mol. The van der Waals surface area contributed by atoms with Crippen molar-refractivity contribution in [3.8, 4) is 11.5 Å².